The molecule has 5 atom stereocenters. The maximum Gasteiger partial charge on any atom is 0.124 e. The van der Waals surface area contributed by atoms with Crippen LogP contribution in [0.4, 0.5) is 0 Å². The van der Waals surface area contributed by atoms with Crippen molar-refractivity contribution in [2.24, 2.45) is 5.92 Å². The second kappa shape index (κ2) is 9.67. The molecule has 2 N–H and O–H groups in total. The molecule has 4 unspecified atom stereocenters. The maximum atomic E-state index is 10.4. The lowest BCUT2D eigenvalue weighted by Crippen LogP contribution is -2.39. The average molecular weight is 433 g/mol. The van der Waals surface area contributed by atoms with Crippen LogP contribution in [0.5, 0.6) is 5.75 Å². The predicted octanol–water partition coefficient (Wildman–Crippen LogP) is 3.92. The third kappa shape index (κ3) is 4.98. The molecule has 6 heteroatoms. The maximum absolute atomic E-state index is 10.4. The SMILES string of the molecule is CC1C(O)CC(CO)OC1c1ccc(Cl)c(Cc2ccc(O[C@H]3CCOC3)cc2)c1. The number of aliphatic hydroxyl groups excluding tert-OH is 2. The van der Waals surface area contributed by atoms with Crippen molar-refractivity contribution in [2.75, 3.05) is 19.8 Å². The molecule has 0 saturated carbocycles. The van der Waals surface area contributed by atoms with Crippen molar-refractivity contribution < 1.29 is 24.4 Å². The highest BCUT2D eigenvalue weighted by Crippen LogP contribution is 2.37. The molecule has 162 valence electrons. The summed E-state index contributed by atoms with van der Waals surface area (Å²) in [6, 6.07) is 14.0. The van der Waals surface area contributed by atoms with Crippen molar-refractivity contribution >= 4 is 11.6 Å². The van der Waals surface area contributed by atoms with Crippen molar-refractivity contribution in [2.45, 2.75) is 50.6 Å². The third-order valence-corrected chi connectivity index (χ3v) is 6.41. The molecule has 2 saturated heterocycles. The van der Waals surface area contributed by atoms with E-state index in [0.717, 1.165) is 35.5 Å². The van der Waals surface area contributed by atoms with Gasteiger partial charge in [0.25, 0.3) is 0 Å². The largest absolute Gasteiger partial charge is 0.488 e. The molecule has 0 radical (unpaired) electrons. The van der Waals surface area contributed by atoms with E-state index in [0.29, 0.717) is 24.5 Å². The molecule has 2 heterocycles. The number of halogens is 1. The summed E-state index contributed by atoms with van der Waals surface area (Å²) in [6.45, 7) is 3.29. The topological polar surface area (TPSA) is 68.2 Å². The quantitative estimate of drug-likeness (QED) is 0.724. The highest BCUT2D eigenvalue weighted by atomic mass is 35.5. The molecule has 0 aromatic heterocycles. The monoisotopic (exact) mass is 432 g/mol. The van der Waals surface area contributed by atoms with Crippen molar-refractivity contribution in [1.29, 1.82) is 0 Å². The first-order valence-corrected chi connectivity index (χ1v) is 11.0. The van der Waals surface area contributed by atoms with E-state index in [-0.39, 0.29) is 30.8 Å². The van der Waals surface area contributed by atoms with Crippen LogP contribution in [-0.2, 0) is 15.9 Å². The van der Waals surface area contributed by atoms with Crippen LogP contribution < -0.4 is 4.74 Å². The minimum atomic E-state index is -0.502. The first kappa shape index (κ1) is 21.6. The van der Waals surface area contributed by atoms with E-state index in [1.54, 1.807) is 0 Å². The normalized spacial score (nSPS) is 29.1. The van der Waals surface area contributed by atoms with Gasteiger partial charge in [0.1, 0.15) is 11.9 Å². The molecule has 30 heavy (non-hydrogen) atoms. The zero-order chi connectivity index (χ0) is 21.1. The van der Waals surface area contributed by atoms with Crippen molar-refractivity contribution in [1.82, 2.24) is 0 Å². The van der Waals surface area contributed by atoms with E-state index in [1.165, 1.54) is 0 Å². The van der Waals surface area contributed by atoms with E-state index in [4.69, 9.17) is 25.8 Å². The van der Waals surface area contributed by atoms with Gasteiger partial charge in [-0.1, -0.05) is 42.8 Å². The molecule has 0 amide bonds. The van der Waals surface area contributed by atoms with Gasteiger partial charge in [0.2, 0.25) is 0 Å². The molecule has 2 aliphatic heterocycles. The minimum Gasteiger partial charge on any atom is -0.488 e. The molecule has 0 bridgehead atoms. The summed E-state index contributed by atoms with van der Waals surface area (Å²) in [6.07, 6.45) is 1.08. The van der Waals surface area contributed by atoms with Gasteiger partial charge < -0.3 is 24.4 Å². The molecular formula is C24H29ClO5. The van der Waals surface area contributed by atoms with Gasteiger partial charge in [-0.15, -0.1) is 0 Å². The molecule has 0 aliphatic carbocycles. The van der Waals surface area contributed by atoms with Gasteiger partial charge in [0.15, 0.2) is 0 Å². The Morgan fingerprint density at radius 1 is 1.17 bits per heavy atom. The van der Waals surface area contributed by atoms with Crippen molar-refractivity contribution in [3.05, 3.63) is 64.2 Å². The number of benzene rings is 2. The number of ether oxygens (including phenoxy) is 3. The van der Waals surface area contributed by atoms with Crippen LogP contribution in [0.25, 0.3) is 0 Å². The van der Waals surface area contributed by atoms with Crippen LogP contribution in [0.3, 0.4) is 0 Å². The Morgan fingerprint density at radius 2 is 1.97 bits per heavy atom. The van der Waals surface area contributed by atoms with Crippen molar-refractivity contribution in [3.63, 3.8) is 0 Å². The van der Waals surface area contributed by atoms with Gasteiger partial charge in [-0.25, -0.2) is 0 Å². The zero-order valence-electron chi connectivity index (χ0n) is 17.2. The second-order valence-electron chi connectivity index (χ2n) is 8.30. The fraction of sp³-hybridized carbons (Fsp3) is 0.500. The Labute approximate surface area is 182 Å². The van der Waals surface area contributed by atoms with Gasteiger partial charge in [-0.3, -0.25) is 0 Å². The van der Waals surface area contributed by atoms with Gasteiger partial charge in [-0.05, 0) is 41.3 Å². The zero-order valence-corrected chi connectivity index (χ0v) is 17.9. The number of hydrogen-bond acceptors (Lipinski definition) is 5. The van der Waals surface area contributed by atoms with E-state index in [1.807, 2.05) is 31.2 Å². The molecule has 2 aromatic rings. The lowest BCUT2D eigenvalue weighted by Gasteiger charge is -2.38. The Bertz CT molecular complexity index is 834. The molecule has 2 fully saturated rings. The van der Waals surface area contributed by atoms with Gasteiger partial charge in [-0.2, -0.15) is 0 Å². The summed E-state index contributed by atoms with van der Waals surface area (Å²) in [5, 5.41) is 20.6. The van der Waals surface area contributed by atoms with Crippen LogP contribution in [0, 0.1) is 5.92 Å². The van der Waals surface area contributed by atoms with Crippen molar-refractivity contribution in [3.8, 4) is 5.75 Å². The summed E-state index contributed by atoms with van der Waals surface area (Å²) >= 11 is 6.48. The second-order valence-corrected chi connectivity index (χ2v) is 8.71. The van der Waals surface area contributed by atoms with E-state index >= 15 is 0 Å². The average Bonchev–Trinajstić information content (AvgIpc) is 3.26. The molecule has 2 aliphatic rings. The fourth-order valence-corrected chi connectivity index (χ4v) is 4.37. The fourth-order valence-electron chi connectivity index (χ4n) is 4.18. The smallest absolute Gasteiger partial charge is 0.124 e. The number of aliphatic hydroxyl groups is 2. The Kier molecular flexibility index (Phi) is 6.96. The summed E-state index contributed by atoms with van der Waals surface area (Å²) in [5.74, 6) is 0.792. The highest BCUT2D eigenvalue weighted by molar-refractivity contribution is 6.31. The van der Waals surface area contributed by atoms with Gasteiger partial charge >= 0.3 is 0 Å². The van der Waals surface area contributed by atoms with E-state index in [2.05, 4.69) is 18.2 Å². The molecule has 4 rings (SSSR count). The summed E-state index contributed by atoms with van der Waals surface area (Å²) < 4.78 is 17.3. The Morgan fingerprint density at radius 3 is 2.67 bits per heavy atom. The summed E-state index contributed by atoms with van der Waals surface area (Å²) in [7, 11) is 0. The summed E-state index contributed by atoms with van der Waals surface area (Å²) in [4.78, 5) is 0. The third-order valence-electron chi connectivity index (χ3n) is 6.04. The standard InChI is InChI=1S/C24H29ClO5/c1-15-23(27)12-21(13-26)30-24(15)17-4-7-22(25)18(11-17)10-16-2-5-19(6-3-16)29-20-8-9-28-14-20/h2-7,11,15,20-21,23-24,26-27H,8-10,12-14H2,1H3/t15?,20-,21?,23?,24?/m0/s1. The van der Waals surface area contributed by atoms with Crippen LogP contribution in [0.15, 0.2) is 42.5 Å². The van der Waals surface area contributed by atoms with E-state index < -0.39 is 6.10 Å². The van der Waals surface area contributed by atoms with Crippen LogP contribution in [-0.4, -0.2) is 48.3 Å². The Balaban J connectivity index is 1.48. The van der Waals surface area contributed by atoms with E-state index in [9.17, 15) is 10.2 Å². The minimum absolute atomic E-state index is 0.0576. The summed E-state index contributed by atoms with van der Waals surface area (Å²) in [5.41, 5.74) is 3.11. The predicted molar refractivity (Wildman–Crippen MR) is 115 cm³/mol. The van der Waals surface area contributed by atoms with Crippen LogP contribution in [0.2, 0.25) is 5.02 Å². The van der Waals surface area contributed by atoms with Crippen LogP contribution >= 0.6 is 11.6 Å². The first-order chi connectivity index (χ1) is 14.5. The number of hydrogen-bond donors (Lipinski definition) is 2. The molecule has 0 spiro atoms. The molecular weight excluding hydrogens is 404 g/mol. The highest BCUT2D eigenvalue weighted by Gasteiger charge is 2.35. The molecule has 5 nitrogen and oxygen atoms in total. The Hall–Kier alpha value is -1.63. The van der Waals surface area contributed by atoms with Gasteiger partial charge in [0, 0.05) is 23.8 Å². The van der Waals surface area contributed by atoms with Crippen LogP contribution in [0.1, 0.15) is 42.6 Å². The lowest BCUT2D eigenvalue weighted by atomic mass is 9.86. The molecule has 2 aromatic carbocycles. The first-order valence-electron chi connectivity index (χ1n) is 10.6. The van der Waals surface area contributed by atoms with Gasteiger partial charge in [0.05, 0.1) is 38.1 Å². The number of rotatable bonds is 6. The lowest BCUT2D eigenvalue weighted by molar-refractivity contribution is -0.145.